The fourth-order valence-electron chi connectivity index (χ4n) is 2.34. The molecule has 0 saturated heterocycles. The van der Waals surface area contributed by atoms with E-state index in [2.05, 4.69) is 72.2 Å². The zero-order valence-electron chi connectivity index (χ0n) is 14.1. The summed E-state index contributed by atoms with van der Waals surface area (Å²) >= 11 is 3.72. The van der Waals surface area contributed by atoms with Crippen LogP contribution in [0.4, 0.5) is 0 Å². The van der Waals surface area contributed by atoms with Gasteiger partial charge in [-0.1, -0.05) is 61.7 Å². The highest BCUT2D eigenvalue weighted by Gasteiger charge is 2.05. The molecule has 1 aromatic rings. The molecule has 0 aromatic heterocycles. The minimum Gasteiger partial charge on any atom is -0.312 e. The Kier molecular flexibility index (Phi) is 9.21. The third-order valence-corrected chi connectivity index (χ3v) is 4.32. The van der Waals surface area contributed by atoms with E-state index in [4.69, 9.17) is 0 Å². The molecule has 0 unspecified atom stereocenters. The van der Waals surface area contributed by atoms with Crippen LogP contribution in [0.2, 0.25) is 0 Å². The van der Waals surface area contributed by atoms with Crippen molar-refractivity contribution in [2.75, 3.05) is 20.1 Å². The number of hydrogen-bond acceptors (Lipinski definition) is 2. The molecule has 0 heterocycles. The van der Waals surface area contributed by atoms with E-state index < -0.39 is 0 Å². The van der Waals surface area contributed by atoms with Crippen molar-refractivity contribution in [2.24, 2.45) is 5.92 Å². The smallest absolute Gasteiger partial charge is 0.0241 e. The molecular weight excluding hydrogens is 324 g/mol. The summed E-state index contributed by atoms with van der Waals surface area (Å²) in [7, 11) is 2.21. The zero-order valence-corrected chi connectivity index (χ0v) is 15.7. The molecule has 0 radical (unpaired) electrons. The van der Waals surface area contributed by atoms with E-state index in [-0.39, 0.29) is 0 Å². The van der Waals surface area contributed by atoms with E-state index in [9.17, 15) is 0 Å². The van der Waals surface area contributed by atoms with Crippen LogP contribution in [0, 0.1) is 5.92 Å². The molecule has 0 fully saturated rings. The van der Waals surface area contributed by atoms with Crippen LogP contribution in [-0.2, 0) is 13.1 Å². The van der Waals surface area contributed by atoms with Crippen LogP contribution in [0.5, 0.6) is 0 Å². The van der Waals surface area contributed by atoms with Crippen LogP contribution in [0.3, 0.4) is 0 Å². The summed E-state index contributed by atoms with van der Waals surface area (Å²) in [6.45, 7) is 10.9. The van der Waals surface area contributed by atoms with Crippen LogP contribution < -0.4 is 5.32 Å². The average molecular weight is 355 g/mol. The first kappa shape index (κ1) is 18.7. The van der Waals surface area contributed by atoms with Gasteiger partial charge in [0.25, 0.3) is 0 Å². The molecule has 0 atom stereocenters. The van der Waals surface area contributed by atoms with Crippen LogP contribution in [0.1, 0.15) is 51.2 Å². The molecule has 0 bridgehead atoms. The van der Waals surface area contributed by atoms with Crippen LogP contribution in [0.15, 0.2) is 22.7 Å². The number of halogens is 1. The Bertz CT molecular complexity index is 404. The lowest BCUT2D eigenvalue weighted by molar-refractivity contribution is 0.317. The predicted octanol–water partition coefficient (Wildman–Crippen LogP) is 4.82. The number of hydrogen-bond donors (Lipinski definition) is 1. The summed E-state index contributed by atoms with van der Waals surface area (Å²) in [5.74, 6) is 0.699. The van der Waals surface area contributed by atoms with Gasteiger partial charge in [-0.3, -0.25) is 0 Å². The number of benzene rings is 1. The molecule has 0 aliphatic heterocycles. The Labute approximate surface area is 139 Å². The van der Waals surface area contributed by atoms with Crippen molar-refractivity contribution in [3.05, 3.63) is 33.8 Å². The van der Waals surface area contributed by atoms with Gasteiger partial charge in [-0.05, 0) is 49.7 Å². The van der Waals surface area contributed by atoms with Crippen molar-refractivity contribution in [3.63, 3.8) is 0 Å². The minimum absolute atomic E-state index is 0.699. The second-order valence-corrected chi connectivity index (χ2v) is 7.25. The van der Waals surface area contributed by atoms with E-state index in [0.717, 1.165) is 19.6 Å². The number of nitrogens with one attached hydrogen (secondary N) is 1. The molecule has 0 saturated carbocycles. The summed E-state index contributed by atoms with van der Waals surface area (Å²) in [6.07, 6.45) is 3.91. The third-order valence-electron chi connectivity index (χ3n) is 3.58. The van der Waals surface area contributed by atoms with Gasteiger partial charge in [-0.25, -0.2) is 0 Å². The average Bonchev–Trinajstić information content (AvgIpc) is 2.42. The molecule has 0 amide bonds. The van der Waals surface area contributed by atoms with Crippen molar-refractivity contribution in [3.8, 4) is 0 Å². The molecule has 1 rings (SSSR count). The van der Waals surface area contributed by atoms with E-state index >= 15 is 0 Å². The van der Waals surface area contributed by atoms with Gasteiger partial charge in [-0.15, -0.1) is 0 Å². The summed E-state index contributed by atoms with van der Waals surface area (Å²) < 4.78 is 1.23. The molecule has 1 aromatic carbocycles. The maximum atomic E-state index is 3.72. The minimum atomic E-state index is 0.699. The van der Waals surface area contributed by atoms with E-state index in [1.165, 1.54) is 41.4 Å². The molecule has 3 heteroatoms. The van der Waals surface area contributed by atoms with E-state index in [0.29, 0.717) is 5.92 Å². The zero-order chi connectivity index (χ0) is 15.7. The first-order valence-electron chi connectivity index (χ1n) is 8.19. The van der Waals surface area contributed by atoms with Gasteiger partial charge >= 0.3 is 0 Å². The Morgan fingerprint density at radius 1 is 1.24 bits per heavy atom. The largest absolute Gasteiger partial charge is 0.312 e. The second kappa shape index (κ2) is 10.4. The highest BCUT2D eigenvalue weighted by Crippen LogP contribution is 2.20. The Morgan fingerprint density at radius 2 is 2.00 bits per heavy atom. The van der Waals surface area contributed by atoms with Gasteiger partial charge in [0, 0.05) is 17.6 Å². The van der Waals surface area contributed by atoms with Crippen molar-refractivity contribution in [2.45, 2.75) is 53.1 Å². The first-order chi connectivity index (χ1) is 10.0. The molecule has 1 N–H and O–H groups in total. The van der Waals surface area contributed by atoms with Gasteiger partial charge in [0.05, 0.1) is 0 Å². The van der Waals surface area contributed by atoms with Crippen molar-refractivity contribution >= 4 is 15.9 Å². The molecular formula is C18H31BrN2. The molecule has 0 aliphatic carbocycles. The maximum absolute atomic E-state index is 3.72. The second-order valence-electron chi connectivity index (χ2n) is 6.40. The lowest BCUT2D eigenvalue weighted by Gasteiger charge is -2.18. The van der Waals surface area contributed by atoms with Gasteiger partial charge < -0.3 is 10.2 Å². The van der Waals surface area contributed by atoms with Gasteiger partial charge in [0.1, 0.15) is 0 Å². The summed E-state index contributed by atoms with van der Waals surface area (Å²) in [6, 6.07) is 6.75. The maximum Gasteiger partial charge on any atom is 0.0241 e. The first-order valence-corrected chi connectivity index (χ1v) is 8.98. The quantitative estimate of drug-likeness (QED) is 0.606. The Hall–Kier alpha value is -0.380. The van der Waals surface area contributed by atoms with Crippen LogP contribution in [-0.4, -0.2) is 25.0 Å². The van der Waals surface area contributed by atoms with Gasteiger partial charge in [0.2, 0.25) is 0 Å². The van der Waals surface area contributed by atoms with Crippen molar-refractivity contribution < 1.29 is 0 Å². The normalized spacial score (nSPS) is 11.6. The van der Waals surface area contributed by atoms with Crippen molar-refractivity contribution in [1.29, 1.82) is 0 Å². The molecule has 120 valence electrons. The SMILES string of the molecule is CCCCCN(C)Cc1ccc(CNCC(C)C)cc1Br. The lowest BCUT2D eigenvalue weighted by atomic mass is 10.1. The summed E-state index contributed by atoms with van der Waals surface area (Å²) in [4.78, 5) is 2.41. The fraction of sp³-hybridized carbons (Fsp3) is 0.667. The topological polar surface area (TPSA) is 15.3 Å². The Morgan fingerprint density at radius 3 is 2.62 bits per heavy atom. The molecule has 0 aliphatic rings. The predicted molar refractivity (Wildman–Crippen MR) is 96.5 cm³/mol. The van der Waals surface area contributed by atoms with Gasteiger partial charge in [-0.2, -0.15) is 0 Å². The number of unbranched alkanes of at least 4 members (excludes halogenated alkanes) is 2. The number of nitrogens with zero attached hydrogens (tertiary/aromatic N) is 1. The van der Waals surface area contributed by atoms with Crippen LogP contribution in [0.25, 0.3) is 0 Å². The molecule has 2 nitrogen and oxygen atoms in total. The number of rotatable bonds is 10. The fourth-order valence-corrected chi connectivity index (χ4v) is 2.89. The monoisotopic (exact) mass is 354 g/mol. The van der Waals surface area contributed by atoms with E-state index in [1.54, 1.807) is 0 Å². The third kappa shape index (κ3) is 7.98. The standard InChI is InChI=1S/C18H31BrN2/c1-5-6-7-10-21(4)14-17-9-8-16(11-18(17)19)13-20-12-15(2)3/h8-9,11,15,20H,5-7,10,12-14H2,1-4H3. The molecule has 0 spiro atoms. The van der Waals surface area contributed by atoms with Crippen molar-refractivity contribution in [1.82, 2.24) is 10.2 Å². The highest BCUT2D eigenvalue weighted by atomic mass is 79.9. The summed E-state index contributed by atoms with van der Waals surface area (Å²) in [5, 5.41) is 3.49. The van der Waals surface area contributed by atoms with Gasteiger partial charge in [0.15, 0.2) is 0 Å². The van der Waals surface area contributed by atoms with E-state index in [1.807, 2.05) is 0 Å². The molecule has 21 heavy (non-hydrogen) atoms. The van der Waals surface area contributed by atoms with Crippen LogP contribution >= 0.6 is 15.9 Å². The lowest BCUT2D eigenvalue weighted by Crippen LogP contribution is -2.20. The summed E-state index contributed by atoms with van der Waals surface area (Å²) in [5.41, 5.74) is 2.72. The Balaban J connectivity index is 2.45. The highest BCUT2D eigenvalue weighted by molar-refractivity contribution is 9.10.